The number of aryl methyl sites for hydroxylation is 1. The molecule has 0 fully saturated rings. The van der Waals surface area contributed by atoms with E-state index < -0.39 is 0 Å². The van der Waals surface area contributed by atoms with Crippen molar-refractivity contribution in [2.45, 2.75) is 32.6 Å². The molecule has 0 bridgehead atoms. The fraction of sp³-hybridized carbons (Fsp3) is 0.429. The van der Waals surface area contributed by atoms with Gasteiger partial charge in [0.2, 0.25) is 0 Å². The van der Waals surface area contributed by atoms with Crippen molar-refractivity contribution in [3.63, 3.8) is 0 Å². The Labute approximate surface area is 96.9 Å². The first-order valence-electron chi connectivity index (χ1n) is 6.04. The molecule has 3 N–H and O–H groups in total. The van der Waals surface area contributed by atoms with Gasteiger partial charge in [0.1, 0.15) is 0 Å². The molecule has 0 aliphatic rings. The first-order chi connectivity index (χ1) is 7.76. The molecule has 2 aromatic rings. The van der Waals surface area contributed by atoms with E-state index in [1.807, 2.05) is 0 Å². The van der Waals surface area contributed by atoms with Gasteiger partial charge in [0.25, 0.3) is 0 Å². The third-order valence-electron chi connectivity index (χ3n) is 3.32. The van der Waals surface area contributed by atoms with Crippen molar-refractivity contribution >= 4 is 10.9 Å². The summed E-state index contributed by atoms with van der Waals surface area (Å²) >= 11 is 0. The fourth-order valence-corrected chi connectivity index (χ4v) is 2.37. The van der Waals surface area contributed by atoms with Crippen LogP contribution in [0, 0.1) is 6.92 Å². The Morgan fingerprint density at radius 3 is 2.88 bits per heavy atom. The lowest BCUT2D eigenvalue weighted by atomic mass is 9.92. The molecule has 1 aromatic heterocycles. The van der Waals surface area contributed by atoms with Gasteiger partial charge < -0.3 is 10.7 Å². The maximum absolute atomic E-state index is 5.67. The average Bonchev–Trinajstić information content (AvgIpc) is 2.69. The van der Waals surface area contributed by atoms with Crippen LogP contribution in [0.2, 0.25) is 0 Å². The molecule has 0 aliphatic carbocycles. The van der Waals surface area contributed by atoms with Gasteiger partial charge in [-0.05, 0) is 49.9 Å². The summed E-state index contributed by atoms with van der Waals surface area (Å²) in [7, 11) is 0. The number of fused-ring (bicyclic) bond motifs is 1. The zero-order chi connectivity index (χ0) is 11.5. The van der Waals surface area contributed by atoms with E-state index in [-0.39, 0.29) is 0 Å². The van der Waals surface area contributed by atoms with Crippen LogP contribution in [0.5, 0.6) is 0 Å². The zero-order valence-electron chi connectivity index (χ0n) is 10.1. The van der Waals surface area contributed by atoms with E-state index >= 15 is 0 Å². The molecule has 2 rings (SSSR count). The maximum atomic E-state index is 5.67. The minimum Gasteiger partial charge on any atom is -0.361 e. The van der Waals surface area contributed by atoms with Crippen LogP contribution in [0.15, 0.2) is 24.4 Å². The average molecular weight is 216 g/mol. The minimum absolute atomic E-state index is 0.584. The molecule has 0 aliphatic heterocycles. The normalized spacial score (nSPS) is 13.2. The summed E-state index contributed by atoms with van der Waals surface area (Å²) in [5, 5.41) is 1.36. The summed E-state index contributed by atoms with van der Waals surface area (Å²) in [5.74, 6) is 0.584. The van der Waals surface area contributed by atoms with E-state index in [0.717, 1.165) is 19.4 Å². The number of benzene rings is 1. The number of hydrogen-bond donors (Lipinski definition) is 2. The highest BCUT2D eigenvalue weighted by atomic mass is 14.7. The lowest BCUT2D eigenvalue weighted by Gasteiger charge is -2.12. The Hall–Kier alpha value is -1.28. The van der Waals surface area contributed by atoms with Gasteiger partial charge in [0.15, 0.2) is 0 Å². The standard InChI is InChI=1S/C14H20N2/c1-3-11(6-7-15)13-9-16-14-5-4-10(2)8-12(13)14/h4-5,8-9,11,16H,3,6-7,15H2,1-2H3. The van der Waals surface area contributed by atoms with Gasteiger partial charge in [-0.1, -0.05) is 18.6 Å². The van der Waals surface area contributed by atoms with Gasteiger partial charge in [-0.15, -0.1) is 0 Å². The first kappa shape index (κ1) is 11.2. The molecule has 0 saturated carbocycles. The van der Waals surface area contributed by atoms with Crippen molar-refractivity contribution < 1.29 is 0 Å². The van der Waals surface area contributed by atoms with E-state index in [1.54, 1.807) is 0 Å². The summed E-state index contributed by atoms with van der Waals surface area (Å²) in [5.41, 5.74) is 9.65. The highest BCUT2D eigenvalue weighted by molar-refractivity contribution is 5.84. The highest BCUT2D eigenvalue weighted by Gasteiger charge is 2.13. The van der Waals surface area contributed by atoms with Gasteiger partial charge in [-0.3, -0.25) is 0 Å². The largest absolute Gasteiger partial charge is 0.361 e. The smallest absolute Gasteiger partial charge is 0.0457 e. The van der Waals surface area contributed by atoms with E-state index in [1.165, 1.54) is 22.0 Å². The van der Waals surface area contributed by atoms with Crippen LogP contribution in [0.4, 0.5) is 0 Å². The summed E-state index contributed by atoms with van der Waals surface area (Å²) in [6.45, 7) is 5.13. The van der Waals surface area contributed by atoms with Crippen LogP contribution in [0.25, 0.3) is 10.9 Å². The van der Waals surface area contributed by atoms with Crippen LogP contribution < -0.4 is 5.73 Å². The van der Waals surface area contributed by atoms with Crippen molar-refractivity contribution in [1.82, 2.24) is 4.98 Å². The van der Waals surface area contributed by atoms with Gasteiger partial charge in [-0.2, -0.15) is 0 Å². The van der Waals surface area contributed by atoms with Gasteiger partial charge in [0, 0.05) is 17.1 Å². The second-order valence-corrected chi connectivity index (χ2v) is 4.48. The molecule has 0 amide bonds. The summed E-state index contributed by atoms with van der Waals surface area (Å²) in [6.07, 6.45) is 4.36. The molecule has 1 aromatic carbocycles. The fourth-order valence-electron chi connectivity index (χ4n) is 2.37. The predicted octanol–water partition coefficient (Wildman–Crippen LogP) is 3.32. The molecule has 86 valence electrons. The van der Waals surface area contributed by atoms with Crippen molar-refractivity contribution in [2.24, 2.45) is 5.73 Å². The summed E-state index contributed by atoms with van der Waals surface area (Å²) in [6, 6.07) is 6.57. The van der Waals surface area contributed by atoms with Gasteiger partial charge >= 0.3 is 0 Å². The molecule has 0 saturated heterocycles. The highest BCUT2D eigenvalue weighted by Crippen LogP contribution is 2.30. The van der Waals surface area contributed by atoms with Gasteiger partial charge in [-0.25, -0.2) is 0 Å². The third-order valence-corrected chi connectivity index (χ3v) is 3.32. The topological polar surface area (TPSA) is 41.8 Å². The number of nitrogens with two attached hydrogens (primary N) is 1. The number of H-pyrrole nitrogens is 1. The van der Waals surface area contributed by atoms with Crippen molar-refractivity contribution in [3.8, 4) is 0 Å². The number of rotatable bonds is 4. The van der Waals surface area contributed by atoms with Crippen LogP contribution in [-0.4, -0.2) is 11.5 Å². The first-order valence-corrected chi connectivity index (χ1v) is 6.04. The second kappa shape index (κ2) is 4.71. The SMILES string of the molecule is CCC(CCN)c1c[nH]c2ccc(C)cc12. The van der Waals surface area contributed by atoms with Crippen LogP contribution in [0.3, 0.4) is 0 Å². The Morgan fingerprint density at radius 1 is 1.38 bits per heavy atom. The molecule has 1 atom stereocenters. The molecule has 0 radical (unpaired) electrons. The zero-order valence-corrected chi connectivity index (χ0v) is 10.1. The monoisotopic (exact) mass is 216 g/mol. The van der Waals surface area contributed by atoms with Crippen molar-refractivity contribution in [2.75, 3.05) is 6.54 Å². The molecular weight excluding hydrogens is 196 g/mol. The Bertz CT molecular complexity index is 471. The van der Waals surface area contributed by atoms with E-state index in [0.29, 0.717) is 5.92 Å². The van der Waals surface area contributed by atoms with E-state index in [9.17, 15) is 0 Å². The Balaban J connectivity index is 2.46. The van der Waals surface area contributed by atoms with Crippen molar-refractivity contribution in [1.29, 1.82) is 0 Å². The molecule has 16 heavy (non-hydrogen) atoms. The van der Waals surface area contributed by atoms with Crippen LogP contribution >= 0.6 is 0 Å². The lowest BCUT2D eigenvalue weighted by molar-refractivity contribution is 0.618. The predicted molar refractivity (Wildman–Crippen MR) is 69.7 cm³/mol. The number of nitrogens with one attached hydrogen (secondary N) is 1. The quantitative estimate of drug-likeness (QED) is 0.808. The summed E-state index contributed by atoms with van der Waals surface area (Å²) < 4.78 is 0. The lowest BCUT2D eigenvalue weighted by Crippen LogP contribution is -2.06. The molecular formula is C14H20N2. The van der Waals surface area contributed by atoms with Gasteiger partial charge in [0.05, 0.1) is 0 Å². The van der Waals surface area contributed by atoms with Crippen LogP contribution in [0.1, 0.15) is 36.8 Å². The van der Waals surface area contributed by atoms with E-state index in [2.05, 4.69) is 43.2 Å². The number of aromatic nitrogens is 1. The van der Waals surface area contributed by atoms with Crippen LogP contribution in [-0.2, 0) is 0 Å². The minimum atomic E-state index is 0.584. The number of hydrogen-bond acceptors (Lipinski definition) is 1. The second-order valence-electron chi connectivity index (χ2n) is 4.48. The molecule has 1 unspecified atom stereocenters. The maximum Gasteiger partial charge on any atom is 0.0457 e. The molecule has 2 nitrogen and oxygen atoms in total. The Morgan fingerprint density at radius 2 is 2.19 bits per heavy atom. The van der Waals surface area contributed by atoms with E-state index in [4.69, 9.17) is 5.73 Å². The molecule has 0 spiro atoms. The Kier molecular flexibility index (Phi) is 3.30. The third kappa shape index (κ3) is 1.98. The number of aromatic amines is 1. The van der Waals surface area contributed by atoms with Crippen molar-refractivity contribution in [3.05, 3.63) is 35.5 Å². The molecule has 2 heteroatoms. The molecule has 1 heterocycles. The summed E-state index contributed by atoms with van der Waals surface area (Å²) in [4.78, 5) is 3.35.